The maximum Gasteiger partial charge on any atom is 0.403 e. The first kappa shape index (κ1) is 38.1. The van der Waals surface area contributed by atoms with E-state index in [4.69, 9.17) is 9.47 Å². The van der Waals surface area contributed by atoms with Gasteiger partial charge in [-0.05, 0) is 53.9 Å². The highest BCUT2D eigenvalue weighted by molar-refractivity contribution is 6.01. The monoisotopic (exact) mass is 727 g/mol. The van der Waals surface area contributed by atoms with Gasteiger partial charge in [-0.25, -0.2) is 22.4 Å². The van der Waals surface area contributed by atoms with Gasteiger partial charge >= 0.3 is 12.1 Å². The van der Waals surface area contributed by atoms with E-state index in [0.29, 0.717) is 45.5 Å². The smallest absolute Gasteiger partial charge is 0.403 e. The number of amides is 1. The number of likely N-dealkylation sites (tertiary alicyclic amines) is 2. The van der Waals surface area contributed by atoms with Gasteiger partial charge in [0.05, 0.1) is 26.3 Å². The summed E-state index contributed by atoms with van der Waals surface area (Å²) < 4.78 is 108. The fraction of sp³-hybridized carbons (Fsp3) is 0.500. The lowest BCUT2D eigenvalue weighted by Gasteiger charge is -2.41. The molecule has 2 aliphatic rings. The van der Waals surface area contributed by atoms with Crippen molar-refractivity contribution in [3.05, 3.63) is 59.7 Å². The summed E-state index contributed by atoms with van der Waals surface area (Å²) in [6.45, 7) is -0.768. The Morgan fingerprint density at radius 3 is 2.08 bits per heavy atom. The molecular formula is C36H40F7N3O5. The Morgan fingerprint density at radius 1 is 0.863 bits per heavy atom. The molecule has 0 aliphatic carbocycles. The van der Waals surface area contributed by atoms with Crippen molar-refractivity contribution < 1.29 is 54.9 Å². The lowest BCUT2D eigenvalue weighted by molar-refractivity contribution is -0.233. The number of nitrogens with zero attached hydrogens (tertiary/aromatic N) is 2. The molecule has 5 rings (SSSR count). The Hall–Kier alpha value is -4.11. The molecule has 3 aromatic carbocycles. The number of halogens is 7. The molecule has 1 amide bonds. The van der Waals surface area contributed by atoms with E-state index in [1.807, 2.05) is 11.0 Å². The summed E-state index contributed by atoms with van der Waals surface area (Å²) in [6, 6.07) is 12.1. The van der Waals surface area contributed by atoms with Crippen LogP contribution >= 0.6 is 0 Å². The van der Waals surface area contributed by atoms with Crippen LogP contribution in [-0.4, -0.2) is 98.3 Å². The van der Waals surface area contributed by atoms with Crippen LogP contribution in [0.5, 0.6) is 11.5 Å². The second-order valence-corrected chi connectivity index (χ2v) is 13.1. The topological polar surface area (TPSA) is 91.3 Å². The largest absolute Gasteiger partial charge is 0.496 e. The number of nitrogens with one attached hydrogen (secondary N) is 1. The van der Waals surface area contributed by atoms with Crippen molar-refractivity contribution in [2.75, 3.05) is 46.9 Å². The maximum atomic E-state index is 14.4. The lowest BCUT2D eigenvalue weighted by Crippen LogP contribution is -2.59. The first-order valence-corrected chi connectivity index (χ1v) is 16.5. The molecule has 2 saturated heterocycles. The van der Waals surface area contributed by atoms with Gasteiger partial charge in [-0.15, -0.1) is 0 Å². The Kier molecular flexibility index (Phi) is 11.4. The van der Waals surface area contributed by atoms with E-state index in [1.165, 1.54) is 14.2 Å². The number of piperidine rings is 2. The van der Waals surface area contributed by atoms with E-state index in [-0.39, 0.29) is 32.4 Å². The standard InChI is InChI=1S/C36H40F7N3O5/c1-50-28-10-9-23(20-45-17-13-35(39,40)14-18-45)31(51-2)30(28)26-8-4-6-24-22(5-3-7-25(24)26)19-27(32(47)48)44-33(49)34(36(41,42)43)11-15-46(16-12-34)21-29(37)38/h3-10,27,29H,11-21H2,1-2H3,(H,44,49)(H,47,48)/t27-/m0/s1. The minimum Gasteiger partial charge on any atom is -0.496 e. The predicted octanol–water partition coefficient (Wildman–Crippen LogP) is 6.78. The number of ether oxygens (including phenoxy) is 2. The van der Waals surface area contributed by atoms with Crippen LogP contribution in [0.2, 0.25) is 0 Å². The quantitative estimate of drug-likeness (QED) is 0.199. The molecule has 0 saturated carbocycles. The zero-order valence-corrected chi connectivity index (χ0v) is 28.2. The number of aliphatic carboxylic acids is 1. The number of benzene rings is 3. The van der Waals surface area contributed by atoms with Gasteiger partial charge in [0.15, 0.2) is 0 Å². The molecule has 278 valence electrons. The molecule has 2 heterocycles. The Labute approximate surface area is 290 Å². The summed E-state index contributed by atoms with van der Waals surface area (Å²) in [7, 11) is 2.97. The molecule has 15 heteroatoms. The average Bonchev–Trinajstić information content (AvgIpc) is 3.08. The van der Waals surface area contributed by atoms with Crippen molar-refractivity contribution in [3.8, 4) is 22.6 Å². The second kappa shape index (κ2) is 15.2. The Morgan fingerprint density at radius 2 is 1.49 bits per heavy atom. The number of carbonyl (C=O) groups excluding carboxylic acids is 1. The van der Waals surface area contributed by atoms with Crippen LogP contribution in [0.4, 0.5) is 30.7 Å². The molecule has 51 heavy (non-hydrogen) atoms. The highest BCUT2D eigenvalue weighted by Gasteiger charge is 2.61. The molecular weight excluding hydrogens is 687 g/mol. The molecule has 8 nitrogen and oxygen atoms in total. The third-order valence-corrected chi connectivity index (χ3v) is 10.00. The summed E-state index contributed by atoms with van der Waals surface area (Å²) in [5.74, 6) is -4.85. The van der Waals surface area contributed by atoms with E-state index in [1.54, 1.807) is 42.5 Å². The van der Waals surface area contributed by atoms with Gasteiger partial charge in [0.25, 0.3) is 12.3 Å². The van der Waals surface area contributed by atoms with E-state index >= 15 is 0 Å². The second-order valence-electron chi connectivity index (χ2n) is 13.1. The summed E-state index contributed by atoms with van der Waals surface area (Å²) in [6.07, 6.45) is -10.2. The molecule has 0 bridgehead atoms. The van der Waals surface area contributed by atoms with Crippen molar-refractivity contribution in [2.24, 2.45) is 5.41 Å². The molecule has 2 fully saturated rings. The number of carbonyl (C=O) groups is 2. The number of rotatable bonds is 12. The van der Waals surface area contributed by atoms with Gasteiger partial charge in [-0.3, -0.25) is 14.6 Å². The number of methoxy groups -OCH3 is 2. The summed E-state index contributed by atoms with van der Waals surface area (Å²) in [4.78, 5) is 28.8. The first-order chi connectivity index (χ1) is 24.1. The highest BCUT2D eigenvalue weighted by Crippen LogP contribution is 2.47. The number of fused-ring (bicyclic) bond motifs is 1. The lowest BCUT2D eigenvalue weighted by atomic mass is 9.76. The van der Waals surface area contributed by atoms with E-state index in [2.05, 4.69) is 5.32 Å². The summed E-state index contributed by atoms with van der Waals surface area (Å²) in [5.41, 5.74) is -0.566. The van der Waals surface area contributed by atoms with Crippen LogP contribution in [0, 0.1) is 5.41 Å². The summed E-state index contributed by atoms with van der Waals surface area (Å²) >= 11 is 0. The van der Waals surface area contributed by atoms with Crippen LogP contribution in [0.25, 0.3) is 21.9 Å². The van der Waals surface area contributed by atoms with Crippen LogP contribution in [0.1, 0.15) is 36.8 Å². The predicted molar refractivity (Wildman–Crippen MR) is 175 cm³/mol. The van der Waals surface area contributed by atoms with Gasteiger partial charge in [-0.2, -0.15) is 13.2 Å². The number of alkyl halides is 7. The van der Waals surface area contributed by atoms with Crippen LogP contribution in [-0.2, 0) is 22.6 Å². The van der Waals surface area contributed by atoms with Crippen LogP contribution in [0.3, 0.4) is 0 Å². The van der Waals surface area contributed by atoms with E-state index in [9.17, 15) is 45.4 Å². The van der Waals surface area contributed by atoms with Crippen molar-refractivity contribution in [3.63, 3.8) is 0 Å². The van der Waals surface area contributed by atoms with Gasteiger partial charge in [-0.1, -0.05) is 42.5 Å². The number of carboxylic acids is 1. The summed E-state index contributed by atoms with van der Waals surface area (Å²) in [5, 5.41) is 13.4. The van der Waals surface area contributed by atoms with Gasteiger partial charge < -0.3 is 19.9 Å². The van der Waals surface area contributed by atoms with E-state index in [0.717, 1.165) is 10.5 Å². The SMILES string of the molecule is COc1ccc(CN2CCC(F)(F)CC2)c(OC)c1-c1cccc2c(C[C@H](NC(=O)C3(C(F)(F)F)CCN(CC(F)F)CC3)C(=O)O)cccc12. The van der Waals surface area contributed by atoms with Crippen molar-refractivity contribution in [2.45, 2.75) is 63.2 Å². The molecule has 3 aromatic rings. The van der Waals surface area contributed by atoms with Crippen molar-refractivity contribution >= 4 is 22.6 Å². The first-order valence-electron chi connectivity index (χ1n) is 16.5. The molecule has 0 aromatic heterocycles. The normalized spacial score (nSPS) is 18.8. The molecule has 0 spiro atoms. The third-order valence-electron chi connectivity index (χ3n) is 10.00. The van der Waals surface area contributed by atoms with Gasteiger partial charge in [0.1, 0.15) is 23.0 Å². The van der Waals surface area contributed by atoms with Gasteiger partial charge in [0, 0.05) is 44.5 Å². The molecule has 0 radical (unpaired) electrons. The van der Waals surface area contributed by atoms with Crippen LogP contribution < -0.4 is 14.8 Å². The van der Waals surface area contributed by atoms with Crippen molar-refractivity contribution in [1.29, 1.82) is 0 Å². The van der Waals surface area contributed by atoms with Crippen LogP contribution in [0.15, 0.2) is 48.5 Å². The molecule has 0 unspecified atom stereocenters. The zero-order chi connectivity index (χ0) is 37.1. The fourth-order valence-corrected chi connectivity index (χ4v) is 7.11. The van der Waals surface area contributed by atoms with Gasteiger partial charge in [0.2, 0.25) is 5.91 Å². The Bertz CT molecular complexity index is 1720. The van der Waals surface area contributed by atoms with Crippen molar-refractivity contribution in [1.82, 2.24) is 15.1 Å². The fourth-order valence-electron chi connectivity index (χ4n) is 7.11. The number of hydrogen-bond donors (Lipinski definition) is 2. The zero-order valence-electron chi connectivity index (χ0n) is 28.2. The number of carboxylic acid groups (broad SMARTS) is 1. The molecule has 1 atom stereocenters. The third kappa shape index (κ3) is 8.19. The number of hydrogen-bond acceptors (Lipinski definition) is 6. The minimum atomic E-state index is -5.04. The average molecular weight is 728 g/mol. The minimum absolute atomic E-state index is 0.206. The maximum absolute atomic E-state index is 14.4. The highest BCUT2D eigenvalue weighted by atomic mass is 19.4. The molecule has 2 N–H and O–H groups in total. The van der Waals surface area contributed by atoms with E-state index < -0.39 is 74.3 Å². The molecule has 2 aliphatic heterocycles. The Balaban J connectivity index is 1.46.